The molecular formula is C6H18Cl6OW. The van der Waals surface area contributed by atoms with E-state index in [2.05, 4.69) is 0 Å². The van der Waals surface area contributed by atoms with Crippen LogP contribution in [0.3, 0.4) is 0 Å². The van der Waals surface area contributed by atoms with E-state index in [-0.39, 0.29) is 102 Å². The minimum atomic E-state index is 0. The summed E-state index contributed by atoms with van der Waals surface area (Å²) >= 11 is 0. The maximum atomic E-state index is 8.91. The predicted octanol–water partition coefficient (Wildman–Crippen LogP) is 3.84. The number of rotatable bonds is 0. The Morgan fingerprint density at radius 2 is 0.929 bits per heavy atom. The third-order valence-electron chi connectivity index (χ3n) is 1.57. The Labute approximate surface area is 138 Å². The molecule has 8 heteroatoms. The first-order valence-electron chi connectivity index (χ1n) is 3.07. The Kier molecular flexibility index (Phi) is 92.8. The number of hydrogen-bond donors (Lipinski definition) is 1. The zero-order chi connectivity index (χ0) is 5.11. The molecule has 1 N–H and O–H groups in total. The average molecular weight is 503 g/mol. The Bertz CT molecular complexity index is 64.3. The third kappa shape index (κ3) is 23.9. The summed E-state index contributed by atoms with van der Waals surface area (Å²) in [6.07, 6.45) is 5.92. The largest absolute Gasteiger partial charge is 0.393 e. The van der Waals surface area contributed by atoms with Crippen LogP contribution in [0.4, 0.5) is 0 Å². The molecule has 0 radical (unpaired) electrons. The molecule has 0 spiro atoms. The molecule has 0 saturated heterocycles. The van der Waals surface area contributed by atoms with E-state index < -0.39 is 0 Å². The van der Waals surface area contributed by atoms with Gasteiger partial charge < -0.3 is 5.11 Å². The molecule has 1 fully saturated rings. The molecule has 1 aliphatic carbocycles. The van der Waals surface area contributed by atoms with E-state index in [1.807, 2.05) is 0 Å². The van der Waals surface area contributed by atoms with Gasteiger partial charge in [0.15, 0.2) is 0 Å². The van der Waals surface area contributed by atoms with Crippen molar-refractivity contribution in [2.24, 2.45) is 0 Å². The number of aliphatic hydroxyl groups is 1. The van der Waals surface area contributed by atoms with Gasteiger partial charge >= 0.3 is 0 Å². The van der Waals surface area contributed by atoms with Crippen molar-refractivity contribution in [2.75, 3.05) is 0 Å². The van der Waals surface area contributed by atoms with Crippen molar-refractivity contribution in [1.29, 1.82) is 0 Å². The van der Waals surface area contributed by atoms with Crippen LogP contribution in [0.15, 0.2) is 0 Å². The molecule has 0 aromatic rings. The van der Waals surface area contributed by atoms with Gasteiger partial charge in [0.2, 0.25) is 0 Å². The second-order valence-corrected chi connectivity index (χ2v) is 2.29. The molecule has 0 atom stereocenters. The summed E-state index contributed by atoms with van der Waals surface area (Å²) in [7, 11) is 0. The molecule has 1 aliphatic rings. The van der Waals surface area contributed by atoms with Crippen molar-refractivity contribution in [1.82, 2.24) is 0 Å². The van der Waals surface area contributed by atoms with Gasteiger partial charge in [-0.15, -0.1) is 74.4 Å². The van der Waals surface area contributed by atoms with Crippen LogP contribution in [0.25, 0.3) is 0 Å². The fourth-order valence-corrected chi connectivity index (χ4v) is 1.08. The van der Waals surface area contributed by atoms with Crippen LogP contribution >= 0.6 is 74.4 Å². The first-order chi connectivity index (χ1) is 3.39. The monoisotopic (exact) mass is 500 g/mol. The topological polar surface area (TPSA) is 20.2 Å². The van der Waals surface area contributed by atoms with Gasteiger partial charge in [0.05, 0.1) is 6.10 Å². The van der Waals surface area contributed by atoms with E-state index in [1.54, 1.807) is 0 Å². The predicted molar refractivity (Wildman–Crippen MR) is 72.6 cm³/mol. The van der Waals surface area contributed by atoms with Gasteiger partial charge in [-0.2, -0.15) is 0 Å². The van der Waals surface area contributed by atoms with Crippen molar-refractivity contribution in [2.45, 2.75) is 38.2 Å². The average Bonchev–Trinajstić information content (AvgIpc) is 1.69. The fourth-order valence-electron chi connectivity index (χ4n) is 1.08. The van der Waals surface area contributed by atoms with Crippen molar-refractivity contribution in [3.05, 3.63) is 0 Å². The van der Waals surface area contributed by atoms with Gasteiger partial charge in [-0.1, -0.05) is 19.3 Å². The summed E-state index contributed by atoms with van der Waals surface area (Å²) in [6.45, 7) is 0. The maximum Gasteiger partial charge on any atom is 0.0540 e. The summed E-state index contributed by atoms with van der Waals surface area (Å²) in [5.74, 6) is 0. The van der Waals surface area contributed by atoms with Gasteiger partial charge in [0, 0.05) is 21.1 Å². The second-order valence-electron chi connectivity index (χ2n) is 2.29. The molecule has 0 amide bonds. The SMILES string of the molecule is Cl.Cl.Cl.Cl.Cl.Cl.OC1CCCCC1.[W]. The van der Waals surface area contributed by atoms with Gasteiger partial charge in [-0.05, 0) is 12.8 Å². The van der Waals surface area contributed by atoms with Gasteiger partial charge in [-0.25, -0.2) is 0 Å². The van der Waals surface area contributed by atoms with E-state index in [4.69, 9.17) is 5.11 Å². The maximum absolute atomic E-state index is 8.91. The van der Waals surface area contributed by atoms with Gasteiger partial charge in [0.25, 0.3) is 0 Å². The minimum absolute atomic E-state index is 0. The van der Waals surface area contributed by atoms with Crippen molar-refractivity contribution >= 4 is 74.4 Å². The molecule has 1 saturated carbocycles. The second kappa shape index (κ2) is 29.5. The summed E-state index contributed by atoms with van der Waals surface area (Å²) < 4.78 is 0. The van der Waals surface area contributed by atoms with Crippen LogP contribution in [0.2, 0.25) is 0 Å². The van der Waals surface area contributed by atoms with Crippen LogP contribution in [0.5, 0.6) is 0 Å². The Morgan fingerprint density at radius 1 is 0.643 bits per heavy atom. The molecule has 1 rings (SSSR count). The van der Waals surface area contributed by atoms with Gasteiger partial charge in [-0.3, -0.25) is 0 Å². The van der Waals surface area contributed by atoms with Crippen molar-refractivity contribution < 1.29 is 26.2 Å². The minimum Gasteiger partial charge on any atom is -0.393 e. The first-order valence-corrected chi connectivity index (χ1v) is 3.07. The molecule has 96 valence electrons. The molecule has 0 heterocycles. The van der Waals surface area contributed by atoms with Crippen LogP contribution in [0, 0.1) is 0 Å². The van der Waals surface area contributed by atoms with Crippen LogP contribution < -0.4 is 0 Å². The summed E-state index contributed by atoms with van der Waals surface area (Å²) in [5, 5.41) is 8.91. The summed E-state index contributed by atoms with van der Waals surface area (Å²) in [6, 6.07) is 0. The fraction of sp³-hybridized carbons (Fsp3) is 1.00. The number of halogens is 6. The Balaban J connectivity index is -0.0000000140. The molecule has 0 aromatic heterocycles. The normalized spacial score (nSPS) is 12.6. The van der Waals surface area contributed by atoms with Crippen LogP contribution in [0.1, 0.15) is 32.1 Å². The molecule has 0 bridgehead atoms. The van der Waals surface area contributed by atoms with Crippen molar-refractivity contribution in [3.63, 3.8) is 0 Å². The molecule has 0 unspecified atom stereocenters. The summed E-state index contributed by atoms with van der Waals surface area (Å²) in [5.41, 5.74) is 0. The zero-order valence-electron chi connectivity index (χ0n) is 7.42. The van der Waals surface area contributed by atoms with Gasteiger partial charge in [0.1, 0.15) is 0 Å². The van der Waals surface area contributed by atoms with E-state index in [1.165, 1.54) is 19.3 Å². The zero-order valence-corrected chi connectivity index (χ0v) is 15.3. The van der Waals surface area contributed by atoms with Crippen LogP contribution in [-0.4, -0.2) is 11.2 Å². The van der Waals surface area contributed by atoms with Crippen LogP contribution in [-0.2, 0) is 21.1 Å². The Hall–Kier alpha value is 2.39. The van der Waals surface area contributed by atoms with E-state index >= 15 is 0 Å². The van der Waals surface area contributed by atoms with E-state index in [0.29, 0.717) is 0 Å². The molecule has 0 aromatic carbocycles. The molecule has 0 aliphatic heterocycles. The third-order valence-corrected chi connectivity index (χ3v) is 1.57. The Morgan fingerprint density at radius 3 is 1.07 bits per heavy atom. The molecule has 14 heavy (non-hydrogen) atoms. The smallest absolute Gasteiger partial charge is 0.0540 e. The first kappa shape index (κ1) is 44.0. The molecule has 1 nitrogen and oxygen atoms in total. The van der Waals surface area contributed by atoms with E-state index in [0.717, 1.165) is 12.8 Å². The quantitative estimate of drug-likeness (QED) is 0.534. The number of aliphatic hydroxyl groups excluding tert-OH is 1. The van der Waals surface area contributed by atoms with Crippen molar-refractivity contribution in [3.8, 4) is 0 Å². The molecular weight excluding hydrogens is 485 g/mol. The van der Waals surface area contributed by atoms with E-state index in [9.17, 15) is 0 Å². The standard InChI is InChI=1S/C6H12O.6ClH.W/c7-6-4-2-1-3-5-6;;;;;;;/h6-7H,1-5H2;6*1H;. The number of hydrogen-bond acceptors (Lipinski definition) is 1. The summed E-state index contributed by atoms with van der Waals surface area (Å²) in [4.78, 5) is 0.